The monoisotopic (exact) mass is 270 g/mol. The van der Waals surface area contributed by atoms with E-state index >= 15 is 0 Å². The number of morpholine rings is 1. The summed E-state index contributed by atoms with van der Waals surface area (Å²) in [5, 5.41) is 0.684. The minimum Gasteiger partial charge on any atom is -0.496 e. The molecule has 1 saturated heterocycles. The normalized spacial score (nSPS) is 18.6. The molecule has 0 saturated carbocycles. The van der Waals surface area contributed by atoms with Crippen LogP contribution in [-0.2, 0) is 4.74 Å². The second-order valence-corrected chi connectivity index (χ2v) is 4.84. The third kappa shape index (κ3) is 3.36. The lowest BCUT2D eigenvalue weighted by Crippen LogP contribution is -2.40. The summed E-state index contributed by atoms with van der Waals surface area (Å²) in [6, 6.07) is 5.45. The minimum absolute atomic E-state index is 0.100. The molecule has 100 valence electrons. The van der Waals surface area contributed by atoms with E-state index in [4.69, 9.17) is 26.8 Å². The molecule has 0 radical (unpaired) electrons. The van der Waals surface area contributed by atoms with E-state index < -0.39 is 0 Å². The zero-order chi connectivity index (χ0) is 13.0. The Labute approximate surface area is 113 Å². The van der Waals surface area contributed by atoms with Crippen LogP contribution in [0.15, 0.2) is 18.2 Å². The molecular weight excluding hydrogens is 252 g/mol. The van der Waals surface area contributed by atoms with Gasteiger partial charge >= 0.3 is 0 Å². The Morgan fingerprint density at radius 2 is 2.17 bits per heavy atom. The second kappa shape index (κ2) is 6.38. The van der Waals surface area contributed by atoms with Crippen molar-refractivity contribution in [2.75, 3.05) is 40.0 Å². The smallest absolute Gasteiger partial charge is 0.123 e. The Morgan fingerprint density at radius 3 is 2.83 bits per heavy atom. The highest BCUT2D eigenvalue weighted by atomic mass is 35.5. The number of benzene rings is 1. The van der Waals surface area contributed by atoms with Crippen LogP contribution >= 0.6 is 11.6 Å². The first kappa shape index (κ1) is 13.6. The molecule has 0 amide bonds. The molecule has 1 heterocycles. The highest BCUT2D eigenvalue weighted by molar-refractivity contribution is 6.30. The van der Waals surface area contributed by atoms with Crippen molar-refractivity contribution in [3.8, 4) is 5.75 Å². The zero-order valence-electron chi connectivity index (χ0n) is 10.6. The van der Waals surface area contributed by atoms with Crippen molar-refractivity contribution in [2.45, 2.75) is 6.04 Å². The molecule has 0 bridgehead atoms. The van der Waals surface area contributed by atoms with Crippen molar-refractivity contribution < 1.29 is 9.47 Å². The van der Waals surface area contributed by atoms with Gasteiger partial charge < -0.3 is 15.2 Å². The Morgan fingerprint density at radius 1 is 1.44 bits per heavy atom. The lowest BCUT2D eigenvalue weighted by Gasteiger charge is -2.29. The van der Waals surface area contributed by atoms with E-state index in [1.165, 1.54) is 0 Å². The third-order valence-electron chi connectivity index (χ3n) is 3.15. The van der Waals surface area contributed by atoms with E-state index in [-0.39, 0.29) is 6.04 Å². The van der Waals surface area contributed by atoms with Gasteiger partial charge in [-0.1, -0.05) is 11.6 Å². The van der Waals surface area contributed by atoms with E-state index in [2.05, 4.69) is 4.90 Å². The highest BCUT2D eigenvalue weighted by Gasteiger charge is 2.18. The largest absolute Gasteiger partial charge is 0.496 e. The molecule has 18 heavy (non-hydrogen) atoms. The molecule has 2 N–H and O–H groups in total. The Balaban J connectivity index is 2.07. The summed E-state index contributed by atoms with van der Waals surface area (Å²) in [7, 11) is 1.65. The number of ether oxygens (including phenoxy) is 2. The predicted molar refractivity (Wildman–Crippen MR) is 72.2 cm³/mol. The molecule has 1 atom stereocenters. The summed E-state index contributed by atoms with van der Waals surface area (Å²) < 4.78 is 10.7. The van der Waals surface area contributed by atoms with Crippen LogP contribution in [0.1, 0.15) is 11.6 Å². The Kier molecular flexibility index (Phi) is 4.83. The molecular formula is C13H19ClN2O2. The lowest BCUT2D eigenvalue weighted by atomic mass is 10.1. The van der Waals surface area contributed by atoms with E-state index in [1.54, 1.807) is 7.11 Å². The first-order valence-electron chi connectivity index (χ1n) is 6.10. The molecule has 0 spiro atoms. The van der Waals surface area contributed by atoms with Gasteiger partial charge in [0.05, 0.1) is 20.3 Å². The quantitative estimate of drug-likeness (QED) is 0.904. The standard InChI is InChI=1S/C13H19ClN2O2/c1-17-13-3-2-10(14)8-11(13)12(15)9-16-4-6-18-7-5-16/h2-3,8,12H,4-7,9,15H2,1H3. The summed E-state index contributed by atoms with van der Waals surface area (Å²) in [5.41, 5.74) is 7.21. The van der Waals surface area contributed by atoms with Gasteiger partial charge in [0, 0.05) is 36.3 Å². The van der Waals surface area contributed by atoms with Crippen molar-refractivity contribution in [1.29, 1.82) is 0 Å². The van der Waals surface area contributed by atoms with Gasteiger partial charge in [0.25, 0.3) is 0 Å². The fraction of sp³-hybridized carbons (Fsp3) is 0.538. The second-order valence-electron chi connectivity index (χ2n) is 4.41. The first-order valence-corrected chi connectivity index (χ1v) is 6.47. The molecule has 0 aliphatic carbocycles. The van der Waals surface area contributed by atoms with Crippen molar-refractivity contribution in [3.63, 3.8) is 0 Å². The molecule has 1 aromatic carbocycles. The zero-order valence-corrected chi connectivity index (χ0v) is 11.3. The Hall–Kier alpha value is -0.810. The van der Waals surface area contributed by atoms with Crippen LogP contribution in [0.3, 0.4) is 0 Å². The summed E-state index contributed by atoms with van der Waals surface area (Å²) in [5.74, 6) is 0.792. The maximum Gasteiger partial charge on any atom is 0.123 e. The van der Waals surface area contributed by atoms with E-state index in [0.29, 0.717) is 5.02 Å². The van der Waals surface area contributed by atoms with Gasteiger partial charge in [-0.3, -0.25) is 4.90 Å². The number of hydrogen-bond donors (Lipinski definition) is 1. The van der Waals surface area contributed by atoms with Crippen LogP contribution in [0.2, 0.25) is 5.02 Å². The van der Waals surface area contributed by atoms with Crippen LogP contribution in [0.5, 0.6) is 5.75 Å². The average Bonchev–Trinajstić information content (AvgIpc) is 2.40. The molecule has 1 unspecified atom stereocenters. The van der Waals surface area contributed by atoms with Gasteiger partial charge in [-0.2, -0.15) is 0 Å². The molecule has 0 aromatic heterocycles. The molecule has 1 aromatic rings. The van der Waals surface area contributed by atoms with Crippen LogP contribution in [0.4, 0.5) is 0 Å². The SMILES string of the molecule is COc1ccc(Cl)cc1C(N)CN1CCOCC1. The maximum atomic E-state index is 6.25. The number of nitrogens with zero attached hydrogens (tertiary/aromatic N) is 1. The van der Waals surface area contributed by atoms with Crippen molar-refractivity contribution in [3.05, 3.63) is 28.8 Å². The molecule has 1 fully saturated rings. The maximum absolute atomic E-state index is 6.25. The number of methoxy groups -OCH3 is 1. The van der Waals surface area contributed by atoms with Gasteiger partial charge in [0.1, 0.15) is 5.75 Å². The minimum atomic E-state index is -0.100. The molecule has 2 rings (SSSR count). The van der Waals surface area contributed by atoms with Crippen LogP contribution in [0, 0.1) is 0 Å². The average molecular weight is 271 g/mol. The van der Waals surface area contributed by atoms with Gasteiger partial charge in [-0.05, 0) is 18.2 Å². The third-order valence-corrected chi connectivity index (χ3v) is 3.38. The number of hydrogen-bond acceptors (Lipinski definition) is 4. The van der Waals surface area contributed by atoms with Gasteiger partial charge in [0.15, 0.2) is 0 Å². The van der Waals surface area contributed by atoms with Gasteiger partial charge in [0.2, 0.25) is 0 Å². The van der Waals surface area contributed by atoms with Crippen LogP contribution in [-0.4, -0.2) is 44.9 Å². The molecule has 1 aliphatic heterocycles. The van der Waals surface area contributed by atoms with Gasteiger partial charge in [-0.25, -0.2) is 0 Å². The molecule has 4 nitrogen and oxygen atoms in total. The first-order chi connectivity index (χ1) is 8.70. The molecule has 5 heteroatoms. The summed E-state index contributed by atoms with van der Waals surface area (Å²) in [6.45, 7) is 4.20. The summed E-state index contributed by atoms with van der Waals surface area (Å²) >= 11 is 6.02. The van der Waals surface area contributed by atoms with Crippen LogP contribution < -0.4 is 10.5 Å². The highest BCUT2D eigenvalue weighted by Crippen LogP contribution is 2.27. The van der Waals surface area contributed by atoms with Crippen molar-refractivity contribution >= 4 is 11.6 Å². The number of nitrogens with two attached hydrogens (primary N) is 1. The topological polar surface area (TPSA) is 47.7 Å². The van der Waals surface area contributed by atoms with E-state index in [9.17, 15) is 0 Å². The predicted octanol–water partition coefficient (Wildman–Crippen LogP) is 1.68. The fourth-order valence-electron chi connectivity index (χ4n) is 2.16. The summed E-state index contributed by atoms with van der Waals surface area (Å²) in [6.07, 6.45) is 0. The van der Waals surface area contributed by atoms with E-state index in [0.717, 1.165) is 44.2 Å². The van der Waals surface area contributed by atoms with Gasteiger partial charge in [-0.15, -0.1) is 0 Å². The van der Waals surface area contributed by atoms with Crippen molar-refractivity contribution in [2.24, 2.45) is 5.73 Å². The summed E-state index contributed by atoms with van der Waals surface area (Å²) in [4.78, 5) is 2.30. The Bertz CT molecular complexity index is 395. The van der Waals surface area contributed by atoms with Crippen LogP contribution in [0.25, 0.3) is 0 Å². The number of halogens is 1. The lowest BCUT2D eigenvalue weighted by molar-refractivity contribution is 0.0352. The molecule has 1 aliphatic rings. The van der Waals surface area contributed by atoms with Crippen molar-refractivity contribution in [1.82, 2.24) is 4.90 Å². The number of rotatable bonds is 4. The fourth-order valence-corrected chi connectivity index (χ4v) is 2.34. The van der Waals surface area contributed by atoms with E-state index in [1.807, 2.05) is 18.2 Å².